The predicted molar refractivity (Wildman–Crippen MR) is 93.3 cm³/mol. The van der Waals surface area contributed by atoms with Gasteiger partial charge >= 0.3 is 11.9 Å². The Morgan fingerprint density at radius 2 is 1.35 bits per heavy atom. The fourth-order valence-corrected chi connectivity index (χ4v) is 2.86. The number of aromatic nitrogens is 1. The van der Waals surface area contributed by atoms with Crippen molar-refractivity contribution in [1.29, 1.82) is 0 Å². The van der Waals surface area contributed by atoms with Crippen molar-refractivity contribution in [1.82, 2.24) is 4.98 Å². The second-order valence-electron chi connectivity index (χ2n) is 5.37. The van der Waals surface area contributed by atoms with Crippen molar-refractivity contribution in [3.8, 4) is 22.4 Å². The number of aromatic amines is 1. The monoisotopic (exact) mass is 400 g/mol. The van der Waals surface area contributed by atoms with Gasteiger partial charge in [-0.3, -0.25) is 10.1 Å². The van der Waals surface area contributed by atoms with Crippen LogP contribution in [0.25, 0.3) is 22.4 Å². The molecule has 0 aliphatic rings. The van der Waals surface area contributed by atoms with Crippen molar-refractivity contribution < 1.29 is 18.1 Å². The number of H-pyrrole nitrogens is 1. The van der Waals surface area contributed by atoms with E-state index in [2.05, 4.69) is 4.98 Å². The Balaban J connectivity index is 2.37. The number of nitro groups is 1. The molecule has 134 valence electrons. The molecule has 0 aliphatic carbocycles. The summed E-state index contributed by atoms with van der Waals surface area (Å²) in [6, 6.07) is 11.7. The Morgan fingerprint density at radius 3 is 1.77 bits per heavy atom. The summed E-state index contributed by atoms with van der Waals surface area (Å²) < 4.78 is 40.2. The molecule has 2 aromatic carbocycles. The van der Waals surface area contributed by atoms with Crippen LogP contribution in [0.4, 0.5) is 18.9 Å². The summed E-state index contributed by atoms with van der Waals surface area (Å²) in [5.74, 6) is 0. The van der Waals surface area contributed by atoms with Crippen LogP contribution in [0.5, 0.6) is 0 Å². The molecule has 0 saturated carbocycles. The molecule has 0 bridgehead atoms. The van der Waals surface area contributed by atoms with E-state index in [1.165, 1.54) is 48.5 Å². The average molecular weight is 401 g/mol. The number of alkyl halides is 3. The van der Waals surface area contributed by atoms with Crippen molar-refractivity contribution in [2.75, 3.05) is 0 Å². The number of nitrogens with zero attached hydrogens (tertiary/aromatic N) is 1. The van der Waals surface area contributed by atoms with Crippen molar-refractivity contribution in [2.45, 2.75) is 6.18 Å². The second kappa shape index (κ2) is 6.66. The van der Waals surface area contributed by atoms with E-state index in [-0.39, 0.29) is 16.8 Å². The van der Waals surface area contributed by atoms with Crippen LogP contribution in [0.2, 0.25) is 10.0 Å². The van der Waals surface area contributed by atoms with E-state index in [9.17, 15) is 23.3 Å². The molecular weight excluding hydrogens is 392 g/mol. The smallest absolute Gasteiger partial charge is 0.345 e. The number of hydrogen-bond acceptors (Lipinski definition) is 2. The first-order valence-corrected chi connectivity index (χ1v) is 7.93. The van der Waals surface area contributed by atoms with Crippen LogP contribution in [-0.4, -0.2) is 9.91 Å². The molecule has 0 spiro atoms. The zero-order valence-electron chi connectivity index (χ0n) is 12.8. The molecule has 1 heterocycles. The first-order chi connectivity index (χ1) is 12.2. The lowest BCUT2D eigenvalue weighted by Crippen LogP contribution is -2.08. The minimum atomic E-state index is -4.92. The zero-order valence-corrected chi connectivity index (χ0v) is 14.3. The summed E-state index contributed by atoms with van der Waals surface area (Å²) in [5.41, 5.74) is -2.08. The number of nitrogens with one attached hydrogen (secondary N) is 1. The molecule has 3 rings (SSSR count). The maximum absolute atomic E-state index is 13.4. The Labute approximate surface area is 155 Å². The van der Waals surface area contributed by atoms with Gasteiger partial charge < -0.3 is 4.98 Å². The predicted octanol–water partition coefficient (Wildman–Crippen LogP) is 6.58. The number of rotatable bonds is 3. The Bertz CT molecular complexity index is 965. The molecule has 0 aliphatic heterocycles. The quantitative estimate of drug-likeness (QED) is 0.398. The third kappa shape index (κ3) is 3.40. The summed E-state index contributed by atoms with van der Waals surface area (Å²) in [6.45, 7) is 0. The van der Waals surface area contributed by atoms with Gasteiger partial charge in [-0.15, -0.1) is 0 Å². The fraction of sp³-hybridized carbons (Fsp3) is 0.0588. The van der Waals surface area contributed by atoms with Gasteiger partial charge in [0.2, 0.25) is 0 Å². The molecule has 0 radical (unpaired) electrons. The summed E-state index contributed by atoms with van der Waals surface area (Å²) in [5, 5.41) is 12.2. The van der Waals surface area contributed by atoms with Crippen LogP contribution in [0.1, 0.15) is 5.69 Å². The van der Waals surface area contributed by atoms with E-state index in [4.69, 9.17) is 23.2 Å². The highest BCUT2D eigenvalue weighted by molar-refractivity contribution is 6.31. The minimum absolute atomic E-state index is 0.0250. The lowest BCUT2D eigenvalue weighted by Gasteiger charge is -2.05. The highest BCUT2D eigenvalue weighted by Crippen LogP contribution is 2.47. The Morgan fingerprint density at radius 1 is 0.885 bits per heavy atom. The standard InChI is InChI=1S/C17H9Cl2F3N2O2/c18-11-5-1-9(2-6-11)13-14(10-3-7-12(19)8-4-10)23-16(17(20,21)22)15(13)24(25)26/h1-8,23H. The molecule has 1 aromatic heterocycles. The van der Waals surface area contributed by atoms with Crippen LogP contribution in [0, 0.1) is 10.1 Å². The van der Waals surface area contributed by atoms with E-state index in [0.29, 0.717) is 15.6 Å². The summed E-state index contributed by atoms with van der Waals surface area (Å²) in [4.78, 5) is 12.6. The molecule has 0 saturated heterocycles. The summed E-state index contributed by atoms with van der Waals surface area (Å²) >= 11 is 11.6. The topological polar surface area (TPSA) is 58.9 Å². The van der Waals surface area contributed by atoms with Crippen LogP contribution in [-0.2, 0) is 6.18 Å². The van der Waals surface area contributed by atoms with Crippen LogP contribution in [0.3, 0.4) is 0 Å². The van der Waals surface area contributed by atoms with Crippen LogP contribution >= 0.6 is 23.2 Å². The molecule has 26 heavy (non-hydrogen) atoms. The second-order valence-corrected chi connectivity index (χ2v) is 6.24. The normalized spacial score (nSPS) is 11.6. The maximum atomic E-state index is 13.4. The Hall–Kier alpha value is -2.51. The molecule has 0 atom stereocenters. The molecule has 3 aromatic rings. The van der Waals surface area contributed by atoms with Crippen molar-refractivity contribution >= 4 is 28.9 Å². The molecule has 0 unspecified atom stereocenters. The largest absolute Gasteiger partial charge is 0.438 e. The van der Waals surface area contributed by atoms with Crippen LogP contribution < -0.4 is 0 Å². The van der Waals surface area contributed by atoms with Gasteiger partial charge in [-0.2, -0.15) is 13.2 Å². The van der Waals surface area contributed by atoms with Crippen molar-refractivity contribution in [3.05, 3.63) is 74.4 Å². The lowest BCUT2D eigenvalue weighted by molar-refractivity contribution is -0.387. The van der Waals surface area contributed by atoms with Gasteiger partial charge in [0.05, 0.1) is 16.2 Å². The van der Waals surface area contributed by atoms with Gasteiger partial charge in [0.15, 0.2) is 5.69 Å². The van der Waals surface area contributed by atoms with Gasteiger partial charge in [-0.25, -0.2) is 0 Å². The molecule has 9 heteroatoms. The lowest BCUT2D eigenvalue weighted by atomic mass is 10.00. The number of benzene rings is 2. The third-order valence-corrected chi connectivity index (χ3v) is 4.21. The molecular formula is C17H9Cl2F3N2O2. The highest BCUT2D eigenvalue weighted by atomic mass is 35.5. The van der Waals surface area contributed by atoms with E-state index in [0.717, 1.165) is 0 Å². The third-order valence-electron chi connectivity index (χ3n) is 3.71. The average Bonchev–Trinajstić information content (AvgIpc) is 2.97. The molecule has 4 nitrogen and oxygen atoms in total. The van der Waals surface area contributed by atoms with E-state index in [1.54, 1.807) is 0 Å². The summed E-state index contributed by atoms with van der Waals surface area (Å²) in [7, 11) is 0. The van der Waals surface area contributed by atoms with Crippen molar-refractivity contribution in [3.63, 3.8) is 0 Å². The minimum Gasteiger partial charge on any atom is -0.345 e. The van der Waals surface area contributed by atoms with E-state index in [1.807, 2.05) is 0 Å². The van der Waals surface area contributed by atoms with Gasteiger partial charge in [0.1, 0.15) is 0 Å². The first-order valence-electron chi connectivity index (χ1n) is 7.18. The van der Waals surface area contributed by atoms with Crippen molar-refractivity contribution in [2.24, 2.45) is 0 Å². The molecule has 0 amide bonds. The van der Waals surface area contributed by atoms with Gasteiger partial charge in [-0.1, -0.05) is 47.5 Å². The van der Waals surface area contributed by atoms with Gasteiger partial charge in [0.25, 0.3) is 0 Å². The van der Waals surface area contributed by atoms with Gasteiger partial charge in [-0.05, 0) is 35.4 Å². The number of halogens is 5. The van der Waals surface area contributed by atoms with E-state index < -0.39 is 22.5 Å². The molecule has 1 N–H and O–H groups in total. The van der Waals surface area contributed by atoms with E-state index >= 15 is 0 Å². The SMILES string of the molecule is O=[N+]([O-])c1c(C(F)(F)F)[nH]c(-c2ccc(Cl)cc2)c1-c1ccc(Cl)cc1. The zero-order chi connectivity index (χ0) is 19.1. The fourth-order valence-electron chi connectivity index (χ4n) is 2.61. The van der Waals surface area contributed by atoms with Gasteiger partial charge in [0, 0.05) is 10.0 Å². The Kier molecular flexibility index (Phi) is 4.68. The highest BCUT2D eigenvalue weighted by Gasteiger charge is 2.44. The molecule has 0 fully saturated rings. The first kappa shape index (κ1) is 18.3. The maximum Gasteiger partial charge on any atom is 0.438 e. The van der Waals surface area contributed by atoms with Crippen LogP contribution in [0.15, 0.2) is 48.5 Å². The number of hydrogen-bond donors (Lipinski definition) is 1. The summed E-state index contributed by atoms with van der Waals surface area (Å²) in [6.07, 6.45) is -4.92.